The SMILES string of the molecule is O=CC1CCc2ccc(C(F)(F)F)cc21. The lowest BCUT2D eigenvalue weighted by atomic mass is 10.0. The van der Waals surface area contributed by atoms with Crippen molar-refractivity contribution in [3.63, 3.8) is 0 Å². The van der Waals surface area contributed by atoms with Crippen LogP contribution in [0.1, 0.15) is 29.0 Å². The summed E-state index contributed by atoms with van der Waals surface area (Å²) in [6.45, 7) is 0. The maximum atomic E-state index is 12.4. The number of hydrogen-bond donors (Lipinski definition) is 0. The maximum absolute atomic E-state index is 12.4. The number of benzene rings is 1. The first-order chi connectivity index (χ1) is 7.02. The predicted octanol–water partition coefficient (Wildman–Crippen LogP) is 2.93. The average Bonchev–Trinajstić information content (AvgIpc) is 2.57. The van der Waals surface area contributed by atoms with Crippen molar-refractivity contribution in [1.82, 2.24) is 0 Å². The van der Waals surface area contributed by atoms with Gasteiger partial charge in [0, 0.05) is 5.92 Å². The first-order valence-corrected chi connectivity index (χ1v) is 4.67. The Hall–Kier alpha value is -1.32. The van der Waals surface area contributed by atoms with Crippen LogP contribution >= 0.6 is 0 Å². The fourth-order valence-electron chi connectivity index (χ4n) is 1.95. The van der Waals surface area contributed by atoms with Crippen LogP contribution in [0.5, 0.6) is 0 Å². The Morgan fingerprint density at radius 2 is 2.07 bits per heavy atom. The van der Waals surface area contributed by atoms with Gasteiger partial charge in [0.1, 0.15) is 6.29 Å². The molecule has 0 fully saturated rings. The molecule has 80 valence electrons. The molecule has 0 amide bonds. The maximum Gasteiger partial charge on any atom is 0.416 e. The molecule has 2 rings (SSSR count). The molecule has 1 aromatic rings. The van der Waals surface area contributed by atoms with Gasteiger partial charge < -0.3 is 4.79 Å². The molecule has 1 unspecified atom stereocenters. The number of fused-ring (bicyclic) bond motifs is 1. The lowest BCUT2D eigenvalue weighted by molar-refractivity contribution is -0.137. The van der Waals surface area contributed by atoms with Gasteiger partial charge in [-0.05, 0) is 36.1 Å². The lowest BCUT2D eigenvalue weighted by Crippen LogP contribution is -2.06. The van der Waals surface area contributed by atoms with Gasteiger partial charge in [0.15, 0.2) is 0 Å². The third kappa shape index (κ3) is 1.76. The van der Waals surface area contributed by atoms with Crippen LogP contribution in [0.2, 0.25) is 0 Å². The molecular weight excluding hydrogens is 205 g/mol. The van der Waals surface area contributed by atoms with Gasteiger partial charge in [-0.3, -0.25) is 0 Å². The number of carbonyl (C=O) groups excluding carboxylic acids is 1. The van der Waals surface area contributed by atoms with E-state index in [1.165, 1.54) is 6.07 Å². The average molecular weight is 214 g/mol. The third-order valence-electron chi connectivity index (χ3n) is 2.76. The van der Waals surface area contributed by atoms with Crippen molar-refractivity contribution in [1.29, 1.82) is 0 Å². The van der Waals surface area contributed by atoms with Crippen LogP contribution in [0.3, 0.4) is 0 Å². The van der Waals surface area contributed by atoms with E-state index in [1.54, 1.807) is 0 Å². The van der Waals surface area contributed by atoms with Crippen LogP contribution in [0.4, 0.5) is 13.2 Å². The summed E-state index contributed by atoms with van der Waals surface area (Å²) >= 11 is 0. The topological polar surface area (TPSA) is 17.1 Å². The van der Waals surface area contributed by atoms with E-state index in [2.05, 4.69) is 0 Å². The highest BCUT2D eigenvalue weighted by Crippen LogP contribution is 2.37. The Morgan fingerprint density at radius 1 is 1.33 bits per heavy atom. The van der Waals surface area contributed by atoms with Gasteiger partial charge in [-0.1, -0.05) is 6.07 Å². The molecular formula is C11H9F3O. The van der Waals surface area contributed by atoms with Gasteiger partial charge >= 0.3 is 6.18 Å². The molecule has 0 radical (unpaired) electrons. The standard InChI is InChI=1S/C11H9F3O/c12-11(13,14)9-4-3-7-1-2-8(6-15)10(7)5-9/h3-6,8H,1-2H2. The molecule has 0 saturated heterocycles. The van der Waals surface area contributed by atoms with Crippen molar-refractivity contribution in [2.45, 2.75) is 24.9 Å². The summed E-state index contributed by atoms with van der Waals surface area (Å²) < 4.78 is 37.2. The quantitative estimate of drug-likeness (QED) is 0.657. The third-order valence-corrected chi connectivity index (χ3v) is 2.76. The number of rotatable bonds is 1. The monoisotopic (exact) mass is 214 g/mol. The molecule has 1 nitrogen and oxygen atoms in total. The fraction of sp³-hybridized carbons (Fsp3) is 0.364. The zero-order valence-corrected chi connectivity index (χ0v) is 7.84. The molecule has 15 heavy (non-hydrogen) atoms. The second kappa shape index (κ2) is 3.36. The Bertz CT molecular complexity index is 395. The predicted molar refractivity (Wildman–Crippen MR) is 48.6 cm³/mol. The van der Waals surface area contributed by atoms with Crippen LogP contribution in [-0.2, 0) is 17.4 Å². The summed E-state index contributed by atoms with van der Waals surface area (Å²) in [4.78, 5) is 10.6. The van der Waals surface area contributed by atoms with Crippen molar-refractivity contribution < 1.29 is 18.0 Å². The zero-order valence-electron chi connectivity index (χ0n) is 7.84. The number of halogens is 3. The Morgan fingerprint density at radius 3 is 2.67 bits per heavy atom. The molecule has 0 aromatic heterocycles. The van der Waals surface area contributed by atoms with Crippen LogP contribution in [0.25, 0.3) is 0 Å². The van der Waals surface area contributed by atoms with Crippen molar-refractivity contribution in [3.8, 4) is 0 Å². The molecule has 0 bridgehead atoms. The van der Waals surface area contributed by atoms with E-state index in [-0.39, 0.29) is 5.92 Å². The van der Waals surface area contributed by atoms with Gasteiger partial charge in [0.25, 0.3) is 0 Å². The number of aryl methyl sites for hydroxylation is 1. The minimum absolute atomic E-state index is 0.359. The first-order valence-electron chi connectivity index (χ1n) is 4.67. The molecule has 4 heteroatoms. The Labute approximate surface area is 84.9 Å². The fourth-order valence-corrected chi connectivity index (χ4v) is 1.95. The van der Waals surface area contributed by atoms with E-state index in [1.807, 2.05) is 0 Å². The van der Waals surface area contributed by atoms with Crippen molar-refractivity contribution in [3.05, 3.63) is 34.9 Å². The molecule has 0 aliphatic heterocycles. The number of carbonyl (C=O) groups is 1. The molecule has 1 aromatic carbocycles. The lowest BCUT2D eigenvalue weighted by Gasteiger charge is -2.09. The summed E-state index contributed by atoms with van der Waals surface area (Å²) in [5.41, 5.74) is 0.731. The summed E-state index contributed by atoms with van der Waals surface area (Å²) in [5, 5.41) is 0. The van der Waals surface area contributed by atoms with Crippen molar-refractivity contribution in [2.75, 3.05) is 0 Å². The van der Waals surface area contributed by atoms with Crippen LogP contribution in [-0.4, -0.2) is 6.29 Å². The number of hydrogen-bond acceptors (Lipinski definition) is 1. The van der Waals surface area contributed by atoms with Crippen LogP contribution in [0, 0.1) is 0 Å². The molecule has 1 aliphatic rings. The normalized spacial score (nSPS) is 20.1. The van der Waals surface area contributed by atoms with Crippen LogP contribution < -0.4 is 0 Å². The first kappa shape index (κ1) is 10.2. The number of alkyl halides is 3. The van der Waals surface area contributed by atoms with Crippen molar-refractivity contribution >= 4 is 6.29 Å². The second-order valence-electron chi connectivity index (χ2n) is 3.69. The molecule has 0 N–H and O–H groups in total. The zero-order chi connectivity index (χ0) is 11.1. The van der Waals surface area contributed by atoms with E-state index < -0.39 is 11.7 Å². The van der Waals surface area contributed by atoms with Crippen molar-refractivity contribution in [2.24, 2.45) is 0 Å². The Balaban J connectivity index is 2.45. The summed E-state index contributed by atoms with van der Waals surface area (Å²) in [6.07, 6.45) is -2.28. The molecule has 0 heterocycles. The highest BCUT2D eigenvalue weighted by molar-refractivity contribution is 5.65. The highest BCUT2D eigenvalue weighted by Gasteiger charge is 2.33. The largest absolute Gasteiger partial charge is 0.416 e. The molecule has 0 spiro atoms. The van der Waals surface area contributed by atoms with Gasteiger partial charge in [0.2, 0.25) is 0 Å². The molecule has 1 atom stereocenters. The second-order valence-corrected chi connectivity index (χ2v) is 3.69. The Kier molecular flexibility index (Phi) is 2.29. The van der Waals surface area contributed by atoms with Crippen LogP contribution in [0.15, 0.2) is 18.2 Å². The van der Waals surface area contributed by atoms with E-state index >= 15 is 0 Å². The van der Waals surface area contributed by atoms with E-state index in [0.29, 0.717) is 18.4 Å². The van der Waals surface area contributed by atoms with E-state index in [9.17, 15) is 18.0 Å². The number of aldehydes is 1. The highest BCUT2D eigenvalue weighted by atomic mass is 19.4. The van der Waals surface area contributed by atoms with Gasteiger partial charge in [-0.2, -0.15) is 13.2 Å². The van der Waals surface area contributed by atoms with Gasteiger partial charge in [-0.25, -0.2) is 0 Å². The molecule has 0 saturated carbocycles. The minimum atomic E-state index is -4.33. The summed E-state index contributed by atoms with van der Waals surface area (Å²) in [5.74, 6) is -0.359. The van der Waals surface area contributed by atoms with E-state index in [0.717, 1.165) is 24.0 Å². The minimum Gasteiger partial charge on any atom is -0.303 e. The summed E-state index contributed by atoms with van der Waals surface area (Å²) in [7, 11) is 0. The van der Waals surface area contributed by atoms with E-state index in [4.69, 9.17) is 0 Å². The van der Waals surface area contributed by atoms with Gasteiger partial charge in [-0.15, -0.1) is 0 Å². The smallest absolute Gasteiger partial charge is 0.303 e. The molecule has 1 aliphatic carbocycles. The van der Waals surface area contributed by atoms with Gasteiger partial charge in [0.05, 0.1) is 5.56 Å². The summed E-state index contributed by atoms with van der Waals surface area (Å²) in [6, 6.07) is 3.65.